The van der Waals surface area contributed by atoms with Crippen LogP contribution in [0.1, 0.15) is 5.56 Å². The Morgan fingerprint density at radius 2 is 1.70 bits per heavy atom. The van der Waals surface area contributed by atoms with Crippen LogP contribution in [0.5, 0.6) is 5.75 Å². The van der Waals surface area contributed by atoms with E-state index in [0.29, 0.717) is 6.07 Å². The van der Waals surface area contributed by atoms with Gasteiger partial charge in [-0.15, -0.1) is 0 Å². The second kappa shape index (κ2) is 6.07. The molecular formula is C14H11F4NO3S. The van der Waals surface area contributed by atoms with E-state index in [0.717, 1.165) is 24.3 Å². The van der Waals surface area contributed by atoms with Gasteiger partial charge in [-0.05, 0) is 24.3 Å². The number of para-hydroxylation sites is 1. The molecular weight excluding hydrogens is 338 g/mol. The molecule has 0 heterocycles. The van der Waals surface area contributed by atoms with Crippen LogP contribution in [0.3, 0.4) is 0 Å². The van der Waals surface area contributed by atoms with Crippen molar-refractivity contribution in [3.63, 3.8) is 0 Å². The Labute approximate surface area is 129 Å². The zero-order valence-corrected chi connectivity index (χ0v) is 12.5. The van der Waals surface area contributed by atoms with Gasteiger partial charge in [0.15, 0.2) is 5.82 Å². The van der Waals surface area contributed by atoms with Crippen LogP contribution < -0.4 is 9.46 Å². The number of rotatable bonds is 4. The summed E-state index contributed by atoms with van der Waals surface area (Å²) in [7, 11) is -3.50. The van der Waals surface area contributed by atoms with Crippen molar-refractivity contribution < 1.29 is 30.7 Å². The molecule has 2 aromatic carbocycles. The van der Waals surface area contributed by atoms with Crippen molar-refractivity contribution in [3.05, 3.63) is 53.8 Å². The third-order valence-electron chi connectivity index (χ3n) is 2.91. The standard InChI is InChI=1S/C14H11F4NO3S/c1-22-11-7-4-6-10(15)13(11)19-23(20,21)12-8-3-2-5-9(12)14(16,17)18/h2-8,19H,1H3. The van der Waals surface area contributed by atoms with Gasteiger partial charge < -0.3 is 4.74 Å². The Kier molecular flexibility index (Phi) is 4.51. The average molecular weight is 349 g/mol. The van der Waals surface area contributed by atoms with Gasteiger partial charge in [0.25, 0.3) is 10.0 Å². The van der Waals surface area contributed by atoms with Crippen LogP contribution in [0.2, 0.25) is 0 Å². The van der Waals surface area contributed by atoms with E-state index in [9.17, 15) is 26.0 Å². The predicted molar refractivity (Wildman–Crippen MR) is 75.2 cm³/mol. The Morgan fingerprint density at radius 1 is 1.04 bits per heavy atom. The number of hydrogen-bond acceptors (Lipinski definition) is 3. The van der Waals surface area contributed by atoms with Gasteiger partial charge in [0.1, 0.15) is 11.4 Å². The SMILES string of the molecule is COc1cccc(F)c1NS(=O)(=O)c1ccccc1C(F)(F)F. The first kappa shape index (κ1) is 17.1. The van der Waals surface area contributed by atoms with Crippen molar-refractivity contribution >= 4 is 15.7 Å². The summed E-state index contributed by atoms with van der Waals surface area (Å²) in [6, 6.07) is 7.13. The van der Waals surface area contributed by atoms with Gasteiger partial charge in [-0.3, -0.25) is 4.72 Å². The molecule has 1 N–H and O–H groups in total. The van der Waals surface area contributed by atoms with Crippen molar-refractivity contribution in [2.24, 2.45) is 0 Å². The van der Waals surface area contributed by atoms with E-state index in [-0.39, 0.29) is 5.75 Å². The van der Waals surface area contributed by atoms with Gasteiger partial charge in [-0.2, -0.15) is 13.2 Å². The first-order valence-electron chi connectivity index (χ1n) is 6.18. The minimum atomic E-state index is -4.87. The Morgan fingerprint density at radius 3 is 2.30 bits per heavy atom. The van der Waals surface area contributed by atoms with Gasteiger partial charge in [0.05, 0.1) is 17.6 Å². The highest BCUT2D eigenvalue weighted by Crippen LogP contribution is 2.36. The van der Waals surface area contributed by atoms with Gasteiger partial charge in [0, 0.05) is 0 Å². The van der Waals surface area contributed by atoms with Gasteiger partial charge >= 0.3 is 6.18 Å². The Hall–Kier alpha value is -2.29. The smallest absolute Gasteiger partial charge is 0.417 e. The fourth-order valence-corrected chi connectivity index (χ4v) is 3.21. The molecule has 0 amide bonds. The Balaban J connectivity index is 2.54. The molecule has 2 aromatic rings. The fourth-order valence-electron chi connectivity index (χ4n) is 1.90. The summed E-state index contributed by atoms with van der Waals surface area (Å²) in [6.07, 6.45) is -4.87. The van der Waals surface area contributed by atoms with E-state index < -0.39 is 38.2 Å². The van der Waals surface area contributed by atoms with Crippen LogP contribution in [0.4, 0.5) is 23.2 Å². The number of halogens is 4. The van der Waals surface area contributed by atoms with Crippen molar-refractivity contribution in [1.82, 2.24) is 0 Å². The Bertz CT molecular complexity index is 819. The van der Waals surface area contributed by atoms with Gasteiger partial charge in [-0.1, -0.05) is 18.2 Å². The summed E-state index contributed by atoms with van der Waals surface area (Å²) in [5.41, 5.74) is -1.91. The molecule has 0 unspecified atom stereocenters. The third kappa shape index (κ3) is 3.55. The topological polar surface area (TPSA) is 55.4 Å². The van der Waals surface area contributed by atoms with E-state index in [1.807, 2.05) is 4.72 Å². The van der Waals surface area contributed by atoms with Crippen molar-refractivity contribution in [2.75, 3.05) is 11.8 Å². The summed E-state index contributed by atoms with van der Waals surface area (Å²) in [6.45, 7) is 0. The molecule has 0 atom stereocenters. The second-order valence-electron chi connectivity index (χ2n) is 4.42. The van der Waals surface area contributed by atoms with Crippen molar-refractivity contribution in [3.8, 4) is 5.75 Å². The van der Waals surface area contributed by atoms with Crippen LogP contribution >= 0.6 is 0 Å². The highest BCUT2D eigenvalue weighted by atomic mass is 32.2. The average Bonchev–Trinajstić information content (AvgIpc) is 2.48. The van der Waals surface area contributed by atoms with E-state index in [1.54, 1.807) is 0 Å². The van der Waals surface area contributed by atoms with Crippen LogP contribution in [-0.2, 0) is 16.2 Å². The first-order valence-corrected chi connectivity index (χ1v) is 7.66. The molecule has 0 aliphatic rings. The molecule has 124 valence electrons. The molecule has 0 aliphatic carbocycles. The summed E-state index contributed by atoms with van der Waals surface area (Å²) in [5.74, 6) is -1.13. The number of nitrogens with one attached hydrogen (secondary N) is 1. The highest BCUT2D eigenvalue weighted by molar-refractivity contribution is 7.92. The van der Waals surface area contributed by atoms with Crippen LogP contribution in [-0.4, -0.2) is 15.5 Å². The molecule has 23 heavy (non-hydrogen) atoms. The van der Waals surface area contributed by atoms with Crippen molar-refractivity contribution in [1.29, 1.82) is 0 Å². The van der Waals surface area contributed by atoms with Gasteiger partial charge in [-0.25, -0.2) is 12.8 Å². The normalized spacial score (nSPS) is 12.0. The molecule has 2 rings (SSSR count). The van der Waals surface area contributed by atoms with E-state index in [2.05, 4.69) is 0 Å². The lowest BCUT2D eigenvalue weighted by Crippen LogP contribution is -2.19. The van der Waals surface area contributed by atoms with Crippen molar-refractivity contribution in [2.45, 2.75) is 11.1 Å². The highest BCUT2D eigenvalue weighted by Gasteiger charge is 2.37. The number of anilines is 1. The molecule has 0 radical (unpaired) electrons. The number of benzene rings is 2. The van der Waals surface area contributed by atoms with Crippen LogP contribution in [0, 0.1) is 5.82 Å². The van der Waals surface area contributed by atoms with E-state index in [1.165, 1.54) is 19.2 Å². The minimum absolute atomic E-state index is 0.155. The molecule has 0 aliphatic heterocycles. The number of alkyl halides is 3. The lowest BCUT2D eigenvalue weighted by Gasteiger charge is -2.16. The van der Waals surface area contributed by atoms with E-state index in [4.69, 9.17) is 4.74 Å². The summed E-state index contributed by atoms with van der Waals surface area (Å²) >= 11 is 0. The maximum absolute atomic E-state index is 13.8. The molecule has 0 saturated heterocycles. The largest absolute Gasteiger partial charge is 0.494 e. The molecule has 9 heteroatoms. The third-order valence-corrected chi connectivity index (χ3v) is 4.32. The maximum atomic E-state index is 13.8. The zero-order valence-electron chi connectivity index (χ0n) is 11.7. The lowest BCUT2D eigenvalue weighted by atomic mass is 10.2. The maximum Gasteiger partial charge on any atom is 0.417 e. The molecule has 0 fully saturated rings. The molecule has 0 saturated carbocycles. The zero-order chi connectivity index (χ0) is 17.3. The van der Waals surface area contributed by atoms with Gasteiger partial charge in [0.2, 0.25) is 0 Å². The first-order chi connectivity index (χ1) is 10.7. The lowest BCUT2D eigenvalue weighted by molar-refractivity contribution is -0.139. The molecule has 0 aromatic heterocycles. The molecule has 0 spiro atoms. The number of ether oxygens (including phenoxy) is 1. The number of hydrogen-bond donors (Lipinski definition) is 1. The summed E-state index contributed by atoms with van der Waals surface area (Å²) in [4.78, 5) is -1.00. The van der Waals surface area contributed by atoms with Crippen LogP contribution in [0.25, 0.3) is 0 Å². The predicted octanol–water partition coefficient (Wildman–Crippen LogP) is 3.65. The van der Waals surface area contributed by atoms with Crippen LogP contribution in [0.15, 0.2) is 47.4 Å². The van der Waals surface area contributed by atoms with E-state index >= 15 is 0 Å². The summed E-state index contributed by atoms with van der Waals surface area (Å²) in [5, 5.41) is 0. The summed E-state index contributed by atoms with van der Waals surface area (Å²) < 4.78 is 83.8. The number of sulfonamides is 1. The quantitative estimate of drug-likeness (QED) is 0.857. The monoisotopic (exact) mass is 349 g/mol. The second-order valence-corrected chi connectivity index (χ2v) is 6.07. The fraction of sp³-hybridized carbons (Fsp3) is 0.143. The number of methoxy groups -OCH3 is 1. The molecule has 4 nitrogen and oxygen atoms in total. The minimum Gasteiger partial charge on any atom is -0.494 e. The molecule has 0 bridgehead atoms.